The SMILES string of the molecule is COc1c(NC(=O)CNC(C)(C)C)cc(N(C)C)c2c1C(O)=C1C(=O)[C@]3(O)C(O)=C(C(=O)NC(C)=O)C(=O)[C@@H](N(C)C)[C@@H]3C[C@@H]1C2. The molecule has 46 heavy (non-hydrogen) atoms. The number of carbonyl (C=O) groups is 5. The summed E-state index contributed by atoms with van der Waals surface area (Å²) in [7, 11) is 8.00. The van der Waals surface area contributed by atoms with Gasteiger partial charge in [0, 0.05) is 43.7 Å². The molecule has 14 heteroatoms. The smallest absolute Gasteiger partial charge is 0.265 e. The molecule has 0 heterocycles. The van der Waals surface area contributed by atoms with Crippen molar-refractivity contribution in [3.8, 4) is 5.75 Å². The number of hydrogen-bond acceptors (Lipinski definition) is 12. The number of aliphatic hydroxyl groups is 3. The van der Waals surface area contributed by atoms with Gasteiger partial charge >= 0.3 is 0 Å². The third kappa shape index (κ3) is 5.76. The first-order chi connectivity index (χ1) is 21.3. The molecule has 0 bridgehead atoms. The standard InChI is InChI=1S/C32H43N5O9/c1-14(38)34-30(44)23-26(41)24(37(7)8)17-11-15-10-16-19(36(5)6)12-18(35-20(39)13-33-31(2,3)4)27(46-9)22(16)25(40)21(15)28(42)32(17,45)29(23)43/h12,15,17,24,33,40,43,45H,10-11,13H2,1-9H3,(H,35,39)(H,34,38,44)/t15-,17-,24-,32-/m0/s1. The Labute approximate surface area is 267 Å². The highest BCUT2D eigenvalue weighted by atomic mass is 16.5. The largest absolute Gasteiger partial charge is 0.508 e. The molecule has 0 saturated heterocycles. The molecule has 0 aliphatic heterocycles. The van der Waals surface area contributed by atoms with Gasteiger partial charge in [0.2, 0.25) is 17.6 Å². The molecule has 4 rings (SSSR count). The molecule has 1 fully saturated rings. The van der Waals surface area contributed by atoms with Gasteiger partial charge in [-0.15, -0.1) is 0 Å². The summed E-state index contributed by atoms with van der Waals surface area (Å²) < 4.78 is 5.69. The summed E-state index contributed by atoms with van der Waals surface area (Å²) in [6.07, 6.45) is 0.167. The fourth-order valence-electron chi connectivity index (χ4n) is 6.73. The number of ether oxygens (including phenoxy) is 1. The van der Waals surface area contributed by atoms with Crippen LogP contribution in [0.2, 0.25) is 0 Å². The zero-order chi connectivity index (χ0) is 34.6. The minimum atomic E-state index is -2.77. The van der Waals surface area contributed by atoms with E-state index in [0.29, 0.717) is 11.3 Å². The van der Waals surface area contributed by atoms with E-state index in [1.165, 1.54) is 26.1 Å². The Balaban J connectivity index is 1.93. The van der Waals surface area contributed by atoms with Crippen molar-refractivity contribution in [2.45, 2.75) is 57.7 Å². The normalized spacial score (nSPS) is 24.3. The van der Waals surface area contributed by atoms with Crippen LogP contribution in [0.25, 0.3) is 5.76 Å². The number of carbonyl (C=O) groups excluding carboxylic acids is 5. The number of fused-ring (bicyclic) bond motifs is 3. The summed E-state index contributed by atoms with van der Waals surface area (Å²) >= 11 is 0. The van der Waals surface area contributed by atoms with E-state index in [2.05, 4.69) is 10.6 Å². The van der Waals surface area contributed by atoms with Crippen LogP contribution in [0, 0.1) is 11.8 Å². The molecule has 0 aromatic heterocycles. The number of anilines is 2. The van der Waals surface area contributed by atoms with Gasteiger partial charge in [0.25, 0.3) is 5.91 Å². The number of nitrogens with one attached hydrogen (secondary N) is 3. The van der Waals surface area contributed by atoms with Crippen LogP contribution in [0.15, 0.2) is 23.0 Å². The van der Waals surface area contributed by atoms with Crippen molar-refractivity contribution in [2.75, 3.05) is 52.1 Å². The number of Topliss-reactive ketones (excluding diaryl/α,β-unsaturated/α-hetero) is 2. The molecule has 1 aromatic rings. The topological polar surface area (TPSA) is 198 Å². The van der Waals surface area contributed by atoms with Crippen molar-refractivity contribution in [3.05, 3.63) is 34.1 Å². The van der Waals surface area contributed by atoms with Gasteiger partial charge in [-0.2, -0.15) is 0 Å². The zero-order valence-electron chi connectivity index (χ0n) is 27.6. The first kappa shape index (κ1) is 34.6. The Morgan fingerprint density at radius 1 is 1.11 bits per heavy atom. The highest BCUT2D eigenvalue weighted by Crippen LogP contribution is 2.54. The number of ketones is 2. The third-order valence-electron chi connectivity index (χ3n) is 8.69. The van der Waals surface area contributed by atoms with Crippen LogP contribution in [-0.2, 0) is 30.4 Å². The number of nitrogens with zero attached hydrogens (tertiary/aromatic N) is 2. The first-order valence-corrected chi connectivity index (χ1v) is 14.9. The number of methoxy groups -OCH3 is 1. The van der Waals surface area contributed by atoms with Crippen LogP contribution < -0.4 is 25.6 Å². The van der Waals surface area contributed by atoms with E-state index < -0.39 is 64.0 Å². The van der Waals surface area contributed by atoms with Crippen LogP contribution in [0.4, 0.5) is 11.4 Å². The molecular weight excluding hydrogens is 598 g/mol. The number of imide groups is 1. The van der Waals surface area contributed by atoms with Crippen LogP contribution in [0.3, 0.4) is 0 Å². The Morgan fingerprint density at radius 3 is 2.26 bits per heavy atom. The lowest BCUT2D eigenvalue weighted by molar-refractivity contribution is -0.153. The first-order valence-electron chi connectivity index (χ1n) is 14.9. The maximum atomic E-state index is 14.4. The summed E-state index contributed by atoms with van der Waals surface area (Å²) in [5.74, 6) is -7.89. The van der Waals surface area contributed by atoms with Crippen LogP contribution in [0.1, 0.15) is 45.2 Å². The quantitative estimate of drug-likeness (QED) is 0.230. The maximum absolute atomic E-state index is 14.4. The molecule has 6 N–H and O–H groups in total. The van der Waals surface area contributed by atoms with E-state index in [1.54, 1.807) is 25.1 Å². The monoisotopic (exact) mass is 641 g/mol. The highest BCUT2D eigenvalue weighted by molar-refractivity contribution is 6.27. The van der Waals surface area contributed by atoms with Crippen LogP contribution >= 0.6 is 0 Å². The Hall–Kier alpha value is -4.27. The fraction of sp³-hybridized carbons (Fsp3) is 0.531. The summed E-state index contributed by atoms with van der Waals surface area (Å²) in [6.45, 7) is 6.77. The van der Waals surface area contributed by atoms with Gasteiger partial charge in [-0.3, -0.25) is 34.2 Å². The van der Waals surface area contributed by atoms with E-state index in [4.69, 9.17) is 4.74 Å². The molecule has 4 atom stereocenters. The van der Waals surface area contributed by atoms with Crippen molar-refractivity contribution in [3.63, 3.8) is 0 Å². The van der Waals surface area contributed by atoms with E-state index in [1.807, 2.05) is 26.1 Å². The van der Waals surface area contributed by atoms with E-state index >= 15 is 0 Å². The van der Waals surface area contributed by atoms with Crippen molar-refractivity contribution >= 4 is 46.4 Å². The van der Waals surface area contributed by atoms with E-state index in [0.717, 1.165) is 6.92 Å². The Bertz CT molecular complexity index is 1590. The molecule has 3 aliphatic carbocycles. The second-order valence-electron chi connectivity index (χ2n) is 13.5. The number of likely N-dealkylation sites (N-methyl/N-ethyl adjacent to an activating group) is 1. The minimum absolute atomic E-state index is 0.0139. The molecule has 0 spiro atoms. The second-order valence-corrected chi connectivity index (χ2v) is 13.5. The van der Waals surface area contributed by atoms with Gasteiger partial charge in [-0.25, -0.2) is 0 Å². The van der Waals surface area contributed by atoms with Crippen LogP contribution in [-0.4, -0.2) is 109 Å². The van der Waals surface area contributed by atoms with Gasteiger partial charge < -0.3 is 35.6 Å². The lowest BCUT2D eigenvalue weighted by Gasteiger charge is -2.50. The number of amides is 3. The van der Waals surface area contributed by atoms with Gasteiger partial charge in [0.05, 0.1) is 30.9 Å². The van der Waals surface area contributed by atoms with Crippen molar-refractivity contribution in [1.29, 1.82) is 0 Å². The van der Waals surface area contributed by atoms with Crippen molar-refractivity contribution in [2.24, 2.45) is 11.8 Å². The number of benzene rings is 1. The molecule has 250 valence electrons. The van der Waals surface area contributed by atoms with Crippen molar-refractivity contribution < 1.29 is 44.0 Å². The van der Waals surface area contributed by atoms with Gasteiger partial charge in [0.15, 0.2) is 17.1 Å². The number of hydrogen-bond donors (Lipinski definition) is 6. The van der Waals surface area contributed by atoms with Crippen LogP contribution in [0.5, 0.6) is 5.75 Å². The summed E-state index contributed by atoms with van der Waals surface area (Å²) in [6, 6.07) is 0.498. The number of rotatable bonds is 7. The van der Waals surface area contributed by atoms with E-state index in [-0.39, 0.29) is 53.4 Å². The molecule has 1 saturated carbocycles. The van der Waals surface area contributed by atoms with Gasteiger partial charge in [-0.05, 0) is 65.3 Å². The van der Waals surface area contributed by atoms with Gasteiger partial charge in [-0.1, -0.05) is 0 Å². The van der Waals surface area contributed by atoms with Crippen molar-refractivity contribution in [1.82, 2.24) is 15.5 Å². The molecule has 3 amide bonds. The summed E-state index contributed by atoms with van der Waals surface area (Å²) in [5, 5.41) is 43.0. The number of aliphatic hydroxyl groups excluding tert-OH is 2. The molecule has 1 aromatic carbocycles. The third-order valence-corrected chi connectivity index (χ3v) is 8.69. The molecule has 0 unspecified atom stereocenters. The lowest BCUT2D eigenvalue weighted by Crippen LogP contribution is -2.66. The average Bonchev–Trinajstić information content (AvgIpc) is 2.92. The predicted molar refractivity (Wildman–Crippen MR) is 169 cm³/mol. The van der Waals surface area contributed by atoms with Gasteiger partial charge in [0.1, 0.15) is 17.1 Å². The second kappa shape index (κ2) is 12.2. The minimum Gasteiger partial charge on any atom is -0.508 e. The average molecular weight is 642 g/mol. The fourth-order valence-corrected chi connectivity index (χ4v) is 6.73. The summed E-state index contributed by atoms with van der Waals surface area (Å²) in [5.41, 5.74) is -2.61. The summed E-state index contributed by atoms with van der Waals surface area (Å²) in [4.78, 5) is 68.7. The Morgan fingerprint density at radius 2 is 1.74 bits per heavy atom. The molecular formula is C32H43N5O9. The molecule has 14 nitrogen and oxygen atoms in total. The zero-order valence-corrected chi connectivity index (χ0v) is 27.6. The predicted octanol–water partition coefficient (Wildman–Crippen LogP) is 0.837. The highest BCUT2D eigenvalue weighted by Gasteiger charge is 2.64. The maximum Gasteiger partial charge on any atom is 0.265 e. The lowest BCUT2D eigenvalue weighted by atomic mass is 9.57. The molecule has 0 radical (unpaired) electrons. The van der Waals surface area contributed by atoms with E-state index in [9.17, 15) is 39.3 Å². The molecule has 3 aliphatic rings. The Kier molecular flexibility index (Phi) is 9.14.